The van der Waals surface area contributed by atoms with Crippen LogP contribution in [0.1, 0.15) is 26.3 Å². The van der Waals surface area contributed by atoms with Crippen molar-refractivity contribution in [2.24, 2.45) is 0 Å². The molecule has 2 amide bonds. The molecule has 0 fully saturated rings. The van der Waals surface area contributed by atoms with Gasteiger partial charge in [-0.1, -0.05) is 42.5 Å². The molecule has 0 bridgehead atoms. The van der Waals surface area contributed by atoms with E-state index in [9.17, 15) is 9.59 Å². The first-order valence-electron chi connectivity index (χ1n) is 8.28. The number of nitrogens with one attached hydrogen (secondary N) is 2. The first-order chi connectivity index (χ1) is 13.1. The van der Waals surface area contributed by atoms with Crippen molar-refractivity contribution in [2.75, 3.05) is 0 Å². The lowest BCUT2D eigenvalue weighted by Crippen LogP contribution is -2.29. The number of aryl methyl sites for hydroxylation is 1. The maximum atomic E-state index is 12.4. The van der Waals surface area contributed by atoms with Gasteiger partial charge >= 0.3 is 0 Å². The number of para-hydroxylation sites is 2. The first kappa shape index (κ1) is 18.0. The van der Waals surface area contributed by atoms with E-state index in [2.05, 4.69) is 11.0 Å². The van der Waals surface area contributed by atoms with Gasteiger partial charge in [0.05, 0.1) is 0 Å². The second kappa shape index (κ2) is 8.53. The van der Waals surface area contributed by atoms with Gasteiger partial charge in [-0.3, -0.25) is 9.59 Å². The number of carbonyl (C=O) groups excluding carboxylic acids is 2. The summed E-state index contributed by atoms with van der Waals surface area (Å²) < 4.78 is 0. The van der Waals surface area contributed by atoms with E-state index < -0.39 is 11.8 Å². The lowest BCUT2D eigenvalue weighted by molar-refractivity contribution is 0.0756. The molecule has 0 heterocycles. The summed E-state index contributed by atoms with van der Waals surface area (Å²) in [6, 6.07) is 22.5. The Hall–Kier alpha value is -3.80. The summed E-state index contributed by atoms with van der Waals surface area (Å²) in [5.41, 5.74) is 6.07. The molecule has 0 saturated heterocycles. The summed E-state index contributed by atoms with van der Waals surface area (Å²) in [5.74, 6) is 0.104. The van der Waals surface area contributed by atoms with E-state index in [1.165, 1.54) is 6.07 Å². The minimum Gasteiger partial charge on any atom is -0.379 e. The zero-order chi connectivity index (χ0) is 19.1. The molecule has 27 heavy (non-hydrogen) atoms. The van der Waals surface area contributed by atoms with Gasteiger partial charge < -0.3 is 9.68 Å². The van der Waals surface area contributed by atoms with E-state index >= 15 is 0 Å². The average Bonchev–Trinajstić information content (AvgIpc) is 2.72. The van der Waals surface area contributed by atoms with Gasteiger partial charge in [-0.25, -0.2) is 0 Å². The SMILES string of the molecule is Cc1ccc(C(=O)NOc2ccccc2)cc1C(=O)NOc1ccccc1. The highest BCUT2D eigenvalue weighted by molar-refractivity contribution is 6.00. The molecule has 0 aliphatic carbocycles. The molecular formula is C21H18N2O4. The van der Waals surface area contributed by atoms with Gasteiger partial charge in [0.2, 0.25) is 0 Å². The van der Waals surface area contributed by atoms with Crippen molar-refractivity contribution >= 4 is 11.8 Å². The summed E-state index contributed by atoms with van der Waals surface area (Å²) in [4.78, 5) is 35.2. The normalized spacial score (nSPS) is 9.96. The molecule has 0 unspecified atom stereocenters. The van der Waals surface area contributed by atoms with Crippen molar-refractivity contribution in [3.05, 3.63) is 95.6 Å². The molecule has 6 nitrogen and oxygen atoms in total. The Bertz CT molecular complexity index is 927. The Morgan fingerprint density at radius 3 is 1.78 bits per heavy atom. The number of amides is 2. The summed E-state index contributed by atoms with van der Waals surface area (Å²) in [6.45, 7) is 1.78. The molecule has 0 spiro atoms. The fourth-order valence-corrected chi connectivity index (χ4v) is 2.31. The second-order valence-electron chi connectivity index (χ2n) is 5.72. The molecule has 2 N–H and O–H groups in total. The molecule has 0 radical (unpaired) electrons. The predicted molar refractivity (Wildman–Crippen MR) is 100 cm³/mol. The molecule has 3 rings (SSSR count). The van der Waals surface area contributed by atoms with Crippen molar-refractivity contribution in [1.82, 2.24) is 11.0 Å². The molecular weight excluding hydrogens is 344 g/mol. The fraction of sp³-hybridized carbons (Fsp3) is 0.0476. The van der Waals surface area contributed by atoms with Crippen molar-refractivity contribution in [3.63, 3.8) is 0 Å². The number of rotatable bonds is 6. The summed E-state index contributed by atoms with van der Waals surface area (Å²) in [5, 5.41) is 0. The number of hydroxylamine groups is 2. The third-order valence-corrected chi connectivity index (χ3v) is 3.75. The quantitative estimate of drug-likeness (QED) is 0.659. The van der Waals surface area contributed by atoms with Crippen LogP contribution in [0.2, 0.25) is 0 Å². The van der Waals surface area contributed by atoms with Gasteiger partial charge in [0.1, 0.15) is 0 Å². The van der Waals surface area contributed by atoms with Crippen LogP contribution in [0.4, 0.5) is 0 Å². The Morgan fingerprint density at radius 1 is 0.704 bits per heavy atom. The Morgan fingerprint density at radius 2 is 1.22 bits per heavy atom. The van der Waals surface area contributed by atoms with Gasteiger partial charge in [-0.15, -0.1) is 0 Å². The molecule has 3 aromatic carbocycles. The van der Waals surface area contributed by atoms with Crippen LogP contribution >= 0.6 is 0 Å². The number of hydrogen-bond acceptors (Lipinski definition) is 4. The van der Waals surface area contributed by atoms with Gasteiger partial charge in [0, 0.05) is 11.1 Å². The maximum Gasteiger partial charge on any atom is 0.284 e. The van der Waals surface area contributed by atoms with Crippen molar-refractivity contribution in [3.8, 4) is 11.5 Å². The third-order valence-electron chi connectivity index (χ3n) is 3.75. The van der Waals surface area contributed by atoms with Crippen molar-refractivity contribution < 1.29 is 19.3 Å². The largest absolute Gasteiger partial charge is 0.379 e. The van der Waals surface area contributed by atoms with Crippen LogP contribution in [-0.4, -0.2) is 11.8 Å². The van der Waals surface area contributed by atoms with Crippen LogP contribution in [0.3, 0.4) is 0 Å². The lowest BCUT2D eigenvalue weighted by Gasteiger charge is -2.11. The minimum atomic E-state index is -0.461. The van der Waals surface area contributed by atoms with Crippen LogP contribution in [-0.2, 0) is 0 Å². The van der Waals surface area contributed by atoms with E-state index in [0.29, 0.717) is 28.2 Å². The van der Waals surface area contributed by atoms with Crippen LogP contribution in [0.15, 0.2) is 78.9 Å². The highest BCUT2D eigenvalue weighted by atomic mass is 16.7. The predicted octanol–water partition coefficient (Wildman–Crippen LogP) is 3.44. The molecule has 6 heteroatoms. The third kappa shape index (κ3) is 4.85. The molecule has 3 aromatic rings. The average molecular weight is 362 g/mol. The monoisotopic (exact) mass is 362 g/mol. The standard InChI is InChI=1S/C21H18N2O4/c1-15-12-13-16(20(24)22-26-17-8-4-2-5-9-17)14-19(15)21(25)23-27-18-10-6-3-7-11-18/h2-14H,1H3,(H,22,24)(H,23,25). The lowest BCUT2D eigenvalue weighted by atomic mass is 10.0. The van der Waals surface area contributed by atoms with E-state index in [4.69, 9.17) is 9.68 Å². The Labute approximate surface area is 156 Å². The smallest absolute Gasteiger partial charge is 0.284 e. The van der Waals surface area contributed by atoms with Crippen LogP contribution < -0.4 is 20.6 Å². The molecule has 0 saturated carbocycles. The van der Waals surface area contributed by atoms with E-state index in [1.807, 2.05) is 12.1 Å². The van der Waals surface area contributed by atoms with Gasteiger partial charge in [-0.05, 0) is 48.9 Å². The highest BCUT2D eigenvalue weighted by Crippen LogP contribution is 2.13. The maximum absolute atomic E-state index is 12.4. The molecule has 0 aromatic heterocycles. The minimum absolute atomic E-state index is 0.293. The number of benzene rings is 3. The van der Waals surface area contributed by atoms with Crippen LogP contribution in [0.5, 0.6) is 11.5 Å². The van der Waals surface area contributed by atoms with Crippen molar-refractivity contribution in [2.45, 2.75) is 6.92 Å². The van der Waals surface area contributed by atoms with Crippen molar-refractivity contribution in [1.29, 1.82) is 0 Å². The Kier molecular flexibility index (Phi) is 5.69. The van der Waals surface area contributed by atoms with E-state index in [-0.39, 0.29) is 0 Å². The van der Waals surface area contributed by atoms with Gasteiger partial charge in [0.25, 0.3) is 11.8 Å². The van der Waals surface area contributed by atoms with Crippen LogP contribution in [0.25, 0.3) is 0 Å². The molecule has 0 aliphatic rings. The summed E-state index contributed by atoms with van der Waals surface area (Å²) in [7, 11) is 0. The van der Waals surface area contributed by atoms with Gasteiger partial charge in [-0.2, -0.15) is 11.0 Å². The number of carbonyl (C=O) groups is 2. The topological polar surface area (TPSA) is 76.7 Å². The first-order valence-corrected chi connectivity index (χ1v) is 8.28. The van der Waals surface area contributed by atoms with Crippen LogP contribution in [0, 0.1) is 6.92 Å². The van der Waals surface area contributed by atoms with Gasteiger partial charge in [0.15, 0.2) is 11.5 Å². The fourth-order valence-electron chi connectivity index (χ4n) is 2.31. The summed E-state index contributed by atoms with van der Waals surface area (Å²) >= 11 is 0. The number of hydrogen-bond donors (Lipinski definition) is 2. The van der Waals surface area contributed by atoms with E-state index in [1.54, 1.807) is 67.6 Å². The van der Waals surface area contributed by atoms with E-state index in [0.717, 1.165) is 0 Å². The second-order valence-corrected chi connectivity index (χ2v) is 5.72. The zero-order valence-corrected chi connectivity index (χ0v) is 14.6. The Balaban J connectivity index is 1.66. The molecule has 0 aliphatic heterocycles. The molecule has 136 valence electrons. The molecule has 0 atom stereocenters. The zero-order valence-electron chi connectivity index (χ0n) is 14.6. The highest BCUT2D eigenvalue weighted by Gasteiger charge is 2.14. The summed E-state index contributed by atoms with van der Waals surface area (Å²) in [6.07, 6.45) is 0.